The number of alkyl halides is 6. The summed E-state index contributed by atoms with van der Waals surface area (Å²) in [5.74, 6) is 1.51. The smallest absolute Gasteiger partial charge is 0.417 e. The molecule has 208 valence electrons. The zero-order chi connectivity index (χ0) is 28.7. The first-order valence-corrected chi connectivity index (χ1v) is 12.1. The van der Waals surface area contributed by atoms with Crippen LogP contribution in [-0.2, 0) is 23.6 Å². The van der Waals surface area contributed by atoms with Crippen molar-refractivity contribution in [3.8, 4) is 17.1 Å². The van der Waals surface area contributed by atoms with Crippen molar-refractivity contribution in [2.75, 3.05) is 13.7 Å². The van der Waals surface area contributed by atoms with E-state index in [0.717, 1.165) is 11.6 Å². The molecule has 40 heavy (non-hydrogen) atoms. The minimum atomic E-state index is -4.99. The number of aromatic amines is 1. The Kier molecular flexibility index (Phi) is 7.03. The van der Waals surface area contributed by atoms with Crippen molar-refractivity contribution in [1.29, 1.82) is 0 Å². The van der Waals surface area contributed by atoms with E-state index in [1.54, 1.807) is 26.4 Å². The van der Waals surface area contributed by atoms with Crippen LogP contribution in [0, 0.1) is 0 Å². The third-order valence-electron chi connectivity index (χ3n) is 6.52. The third-order valence-corrected chi connectivity index (χ3v) is 6.52. The van der Waals surface area contributed by atoms with Crippen molar-refractivity contribution in [3.05, 3.63) is 89.0 Å². The number of hydrogen-bond donors (Lipinski definition) is 1. The van der Waals surface area contributed by atoms with Crippen LogP contribution in [0.2, 0.25) is 0 Å². The van der Waals surface area contributed by atoms with Crippen LogP contribution < -0.4 is 9.42 Å². The van der Waals surface area contributed by atoms with Crippen LogP contribution >= 0.6 is 0 Å². The van der Waals surface area contributed by atoms with E-state index < -0.39 is 23.5 Å². The summed E-state index contributed by atoms with van der Waals surface area (Å²) in [6.45, 7) is 1.89. The Bertz CT molecular complexity index is 1640. The van der Waals surface area contributed by atoms with E-state index in [0.29, 0.717) is 46.4 Å². The fourth-order valence-electron chi connectivity index (χ4n) is 4.51. The third kappa shape index (κ3) is 5.51. The maximum atomic E-state index is 13.9. The van der Waals surface area contributed by atoms with Crippen LogP contribution in [0.15, 0.2) is 72.3 Å². The Morgan fingerprint density at radius 2 is 1.80 bits per heavy atom. The monoisotopic (exact) mass is 561 g/mol. The lowest BCUT2D eigenvalue weighted by Gasteiger charge is -2.17. The number of ether oxygens (including phenoxy) is 2. The number of hydrogen-bond acceptors (Lipinski definition) is 4. The normalized spacial score (nSPS) is 14.7. The Balaban J connectivity index is 1.50. The highest BCUT2D eigenvalue weighted by molar-refractivity contribution is 5.80. The van der Waals surface area contributed by atoms with Gasteiger partial charge in [0.2, 0.25) is 12.7 Å². The van der Waals surface area contributed by atoms with Crippen molar-refractivity contribution in [2.24, 2.45) is 0 Å². The van der Waals surface area contributed by atoms with Crippen LogP contribution in [0.3, 0.4) is 0 Å². The number of H-pyrrole nitrogens is 1. The molecule has 0 fully saturated rings. The number of aromatic nitrogens is 4. The highest BCUT2D eigenvalue weighted by Crippen LogP contribution is 2.41. The lowest BCUT2D eigenvalue weighted by molar-refractivity contribution is -0.747. The predicted octanol–water partition coefficient (Wildman–Crippen LogP) is 6.74. The van der Waals surface area contributed by atoms with Crippen molar-refractivity contribution in [1.82, 2.24) is 15.1 Å². The number of methoxy groups -OCH3 is 1. The standard InChI is InChI=1S/C28H22F6N4O2/c1-16-9-10-40-18(12-21(16)19-8-7-17(27(29,30)31)11-22(19)28(32,33)34)14-38-15-24-23(13-35-38)36-26(37-24)20-5-3-4-6-25(20)39-2/h3-8,11-13,15H,9-10,14H2,1-2H3/p+1. The Morgan fingerprint density at radius 3 is 2.52 bits per heavy atom. The molecule has 0 radical (unpaired) electrons. The Morgan fingerprint density at radius 1 is 1.02 bits per heavy atom. The first-order valence-electron chi connectivity index (χ1n) is 12.1. The summed E-state index contributed by atoms with van der Waals surface area (Å²) in [6, 6.07) is 9.04. The van der Waals surface area contributed by atoms with Gasteiger partial charge in [0.15, 0.2) is 5.76 Å². The number of benzene rings is 2. The average Bonchev–Trinajstić information content (AvgIpc) is 3.24. The number of nitrogens with zero attached hydrogens (tertiary/aromatic N) is 3. The molecule has 0 aliphatic carbocycles. The molecule has 1 aliphatic heterocycles. The molecule has 6 nitrogen and oxygen atoms in total. The lowest BCUT2D eigenvalue weighted by atomic mass is 9.92. The van der Waals surface area contributed by atoms with Gasteiger partial charge in [-0.3, -0.25) is 0 Å². The zero-order valence-corrected chi connectivity index (χ0v) is 21.3. The van der Waals surface area contributed by atoms with E-state index >= 15 is 0 Å². The van der Waals surface area contributed by atoms with Crippen molar-refractivity contribution in [3.63, 3.8) is 0 Å². The van der Waals surface area contributed by atoms with Gasteiger partial charge in [-0.25, -0.2) is 4.98 Å². The molecule has 0 saturated carbocycles. The average molecular weight is 562 g/mol. The van der Waals surface area contributed by atoms with Gasteiger partial charge in [0, 0.05) is 6.42 Å². The summed E-state index contributed by atoms with van der Waals surface area (Å²) >= 11 is 0. The van der Waals surface area contributed by atoms with Gasteiger partial charge in [-0.2, -0.15) is 26.3 Å². The molecule has 0 bridgehead atoms. The minimum absolute atomic E-state index is 0.0672. The number of imidazole rings is 1. The van der Waals surface area contributed by atoms with E-state index in [1.807, 2.05) is 24.3 Å². The summed E-state index contributed by atoms with van der Waals surface area (Å²) in [4.78, 5) is 7.78. The number of fused-ring (bicyclic) bond motifs is 1. The minimum Gasteiger partial charge on any atom is -0.496 e. The molecular formula is C28H23F6N4O2+. The molecule has 0 atom stereocenters. The Labute approximate surface area is 224 Å². The van der Waals surface area contributed by atoms with Crippen molar-refractivity contribution >= 4 is 16.6 Å². The summed E-state index contributed by atoms with van der Waals surface area (Å²) in [7, 11) is 1.56. The fraction of sp³-hybridized carbons (Fsp3) is 0.250. The first kappa shape index (κ1) is 27.2. The quantitative estimate of drug-likeness (QED) is 0.217. The number of rotatable bonds is 5. The molecule has 1 aliphatic rings. The molecule has 3 heterocycles. The number of nitrogens with one attached hydrogen (secondary N) is 1. The van der Waals surface area contributed by atoms with E-state index in [-0.39, 0.29) is 30.4 Å². The molecule has 4 aromatic rings. The second-order valence-corrected chi connectivity index (χ2v) is 9.21. The molecule has 0 amide bonds. The summed E-state index contributed by atoms with van der Waals surface area (Å²) in [6.07, 6.45) is -4.94. The van der Waals surface area contributed by atoms with Gasteiger partial charge in [-0.15, -0.1) is 0 Å². The van der Waals surface area contributed by atoms with Crippen LogP contribution in [0.4, 0.5) is 26.3 Å². The molecule has 2 aromatic heterocycles. The summed E-state index contributed by atoms with van der Waals surface area (Å²) in [5, 5.41) is 4.35. The maximum Gasteiger partial charge on any atom is 0.417 e. The number of para-hydroxylation sites is 1. The van der Waals surface area contributed by atoms with Gasteiger partial charge in [-0.1, -0.05) is 28.5 Å². The second kappa shape index (κ2) is 10.3. The van der Waals surface area contributed by atoms with Crippen molar-refractivity contribution in [2.45, 2.75) is 32.2 Å². The predicted molar refractivity (Wildman–Crippen MR) is 134 cm³/mol. The largest absolute Gasteiger partial charge is 0.496 e. The Hall–Kier alpha value is -4.35. The SMILES string of the molecule is COc1ccccc1-c1nc2cn[n+](CC3=CC(c4ccc(C(F)(F)F)cc4C(F)(F)F)=C(C)CCO3)cc2[nH]1. The molecule has 0 saturated heterocycles. The number of allylic oxidation sites excluding steroid dienone is 3. The fourth-order valence-corrected chi connectivity index (χ4v) is 4.51. The topological polar surface area (TPSA) is 63.9 Å². The number of halogens is 6. The molecule has 2 aromatic carbocycles. The molecule has 12 heteroatoms. The van der Waals surface area contributed by atoms with Gasteiger partial charge in [-0.05, 0) is 53.5 Å². The van der Waals surface area contributed by atoms with Crippen LogP contribution in [0.25, 0.3) is 28.0 Å². The second-order valence-electron chi connectivity index (χ2n) is 9.21. The van der Waals surface area contributed by atoms with E-state index in [9.17, 15) is 26.3 Å². The molecule has 0 spiro atoms. The molecular weight excluding hydrogens is 538 g/mol. The highest BCUT2D eigenvalue weighted by atomic mass is 19.4. The van der Waals surface area contributed by atoms with E-state index in [1.165, 1.54) is 10.8 Å². The van der Waals surface area contributed by atoms with Gasteiger partial charge in [0.1, 0.15) is 28.8 Å². The highest BCUT2D eigenvalue weighted by Gasteiger charge is 2.39. The van der Waals surface area contributed by atoms with Gasteiger partial charge in [0.05, 0.1) is 30.4 Å². The van der Waals surface area contributed by atoms with Gasteiger partial charge in [0.25, 0.3) is 0 Å². The van der Waals surface area contributed by atoms with Gasteiger partial charge >= 0.3 is 12.4 Å². The van der Waals surface area contributed by atoms with Gasteiger partial charge < -0.3 is 14.5 Å². The molecule has 1 N–H and O–H groups in total. The molecule has 0 unspecified atom stereocenters. The van der Waals surface area contributed by atoms with Crippen LogP contribution in [0.5, 0.6) is 5.75 Å². The zero-order valence-electron chi connectivity index (χ0n) is 21.3. The lowest BCUT2D eigenvalue weighted by Crippen LogP contribution is -2.38. The molecule has 5 rings (SSSR count). The first-order chi connectivity index (χ1) is 18.9. The van der Waals surface area contributed by atoms with Crippen molar-refractivity contribution < 1.29 is 40.5 Å². The van der Waals surface area contributed by atoms with Crippen LogP contribution in [0.1, 0.15) is 30.0 Å². The maximum absolute atomic E-state index is 13.9. The summed E-state index contributed by atoms with van der Waals surface area (Å²) in [5.41, 5.74) is -0.352. The van der Waals surface area contributed by atoms with E-state index in [2.05, 4.69) is 15.1 Å². The van der Waals surface area contributed by atoms with E-state index in [4.69, 9.17) is 9.47 Å². The summed E-state index contributed by atoms with van der Waals surface area (Å²) < 4.78 is 94.0. The van der Waals surface area contributed by atoms with Crippen LogP contribution in [-0.4, -0.2) is 28.8 Å².